The maximum atomic E-state index is 13.3. The molecule has 0 bridgehead atoms. The summed E-state index contributed by atoms with van der Waals surface area (Å²) in [5.41, 5.74) is 4.32. The number of aromatic nitrogens is 4. The minimum Gasteiger partial charge on any atom is -0.497 e. The van der Waals surface area contributed by atoms with Crippen molar-refractivity contribution in [2.75, 3.05) is 7.11 Å². The Hall–Kier alpha value is -3.94. The van der Waals surface area contributed by atoms with E-state index < -0.39 is 11.6 Å². The zero-order valence-corrected chi connectivity index (χ0v) is 19.4. The van der Waals surface area contributed by atoms with Gasteiger partial charge in [-0.3, -0.25) is 9.59 Å². The lowest BCUT2D eigenvalue weighted by Gasteiger charge is -2.15. The molecule has 1 amide bonds. The molecular formula is C25H27N5O3. The summed E-state index contributed by atoms with van der Waals surface area (Å²) in [7, 11) is 1.60. The van der Waals surface area contributed by atoms with Gasteiger partial charge in [0.05, 0.1) is 29.6 Å². The molecule has 8 heteroatoms. The van der Waals surface area contributed by atoms with Crippen LogP contribution in [0.2, 0.25) is 0 Å². The Bertz CT molecular complexity index is 1370. The molecule has 0 spiro atoms. The van der Waals surface area contributed by atoms with Gasteiger partial charge in [0.25, 0.3) is 5.56 Å². The van der Waals surface area contributed by atoms with Crippen molar-refractivity contribution in [1.29, 1.82) is 0 Å². The van der Waals surface area contributed by atoms with E-state index in [1.807, 2.05) is 69.3 Å². The number of methoxy groups -OCH3 is 1. The van der Waals surface area contributed by atoms with Crippen molar-refractivity contribution in [3.05, 3.63) is 81.4 Å². The molecular weight excluding hydrogens is 418 g/mol. The minimum absolute atomic E-state index is 0.297. The second-order valence-corrected chi connectivity index (χ2v) is 8.13. The smallest absolute Gasteiger partial charge is 0.295 e. The Morgan fingerprint density at radius 3 is 2.33 bits per heavy atom. The fourth-order valence-electron chi connectivity index (χ4n) is 3.84. The number of hydrogen-bond acceptors (Lipinski definition) is 5. The molecule has 4 rings (SSSR count). The Morgan fingerprint density at radius 2 is 1.70 bits per heavy atom. The van der Waals surface area contributed by atoms with Gasteiger partial charge in [0.2, 0.25) is 5.91 Å². The molecule has 2 heterocycles. The number of carbonyl (C=O) groups is 1. The molecule has 2 aromatic carbocycles. The van der Waals surface area contributed by atoms with Gasteiger partial charge in [-0.25, -0.2) is 9.36 Å². The van der Waals surface area contributed by atoms with Crippen molar-refractivity contribution >= 4 is 16.8 Å². The van der Waals surface area contributed by atoms with Crippen LogP contribution in [0.15, 0.2) is 53.3 Å². The van der Waals surface area contributed by atoms with Crippen LogP contribution < -0.4 is 15.6 Å². The number of rotatable bonds is 6. The number of aryl methyl sites for hydroxylation is 3. The molecule has 4 aromatic rings. The molecule has 0 aliphatic carbocycles. The summed E-state index contributed by atoms with van der Waals surface area (Å²) < 4.78 is 8.12. The van der Waals surface area contributed by atoms with Crippen molar-refractivity contribution in [1.82, 2.24) is 24.9 Å². The predicted octanol–water partition coefficient (Wildman–Crippen LogP) is 3.39. The largest absolute Gasteiger partial charge is 0.497 e. The zero-order valence-electron chi connectivity index (χ0n) is 19.4. The van der Waals surface area contributed by atoms with Gasteiger partial charge < -0.3 is 10.1 Å². The van der Waals surface area contributed by atoms with E-state index in [0.717, 1.165) is 28.3 Å². The number of fused-ring (bicyclic) bond motifs is 1. The number of nitrogens with zero attached hydrogens (tertiary/aromatic N) is 4. The molecule has 0 radical (unpaired) electrons. The maximum Gasteiger partial charge on any atom is 0.295 e. The highest BCUT2D eigenvalue weighted by Crippen LogP contribution is 2.22. The van der Waals surface area contributed by atoms with Crippen molar-refractivity contribution < 1.29 is 9.53 Å². The number of benzene rings is 2. The normalized spacial score (nSPS) is 12.0. The van der Waals surface area contributed by atoms with Gasteiger partial charge in [-0.2, -0.15) is 10.2 Å². The third-order valence-corrected chi connectivity index (χ3v) is 5.80. The molecule has 2 aromatic heterocycles. The van der Waals surface area contributed by atoms with Crippen molar-refractivity contribution in [2.24, 2.45) is 0 Å². The van der Waals surface area contributed by atoms with Crippen LogP contribution in [0.5, 0.6) is 5.75 Å². The quantitative estimate of drug-likeness (QED) is 0.491. The van der Waals surface area contributed by atoms with E-state index in [9.17, 15) is 9.59 Å². The van der Waals surface area contributed by atoms with Gasteiger partial charge in [0, 0.05) is 6.54 Å². The van der Waals surface area contributed by atoms with Gasteiger partial charge in [-0.15, -0.1) is 0 Å². The molecule has 170 valence electrons. The second-order valence-electron chi connectivity index (χ2n) is 8.13. The molecule has 33 heavy (non-hydrogen) atoms. The summed E-state index contributed by atoms with van der Waals surface area (Å²) >= 11 is 0. The topological polar surface area (TPSA) is 91.0 Å². The number of hydrogen-bond donors (Lipinski definition) is 1. The van der Waals surface area contributed by atoms with Gasteiger partial charge in [0.15, 0.2) is 5.52 Å². The molecule has 8 nitrogen and oxygen atoms in total. The van der Waals surface area contributed by atoms with E-state index >= 15 is 0 Å². The summed E-state index contributed by atoms with van der Waals surface area (Å²) in [4.78, 5) is 26.1. The molecule has 0 unspecified atom stereocenters. The van der Waals surface area contributed by atoms with Crippen LogP contribution in [-0.4, -0.2) is 32.6 Å². The second kappa shape index (κ2) is 8.90. The average molecular weight is 446 g/mol. The minimum atomic E-state index is -0.788. The van der Waals surface area contributed by atoms with Crippen LogP contribution in [0.4, 0.5) is 0 Å². The average Bonchev–Trinajstić information content (AvgIpc) is 3.18. The van der Waals surface area contributed by atoms with Gasteiger partial charge >= 0.3 is 0 Å². The first-order valence-electron chi connectivity index (χ1n) is 10.8. The van der Waals surface area contributed by atoms with E-state index in [1.54, 1.807) is 18.7 Å². The standard InChI is InChI=1S/C25H27N5O3/c1-15-6-10-20(11-7-15)29-17(3)22-16(2)27-30(25(32)23(22)28-29)18(4)24(31)26-14-19-8-12-21(33-5)13-9-19/h6-13,18H,14H2,1-5H3,(H,26,31)/t18-/m1/s1. The third-order valence-electron chi connectivity index (χ3n) is 5.80. The molecule has 0 aliphatic heterocycles. The van der Waals surface area contributed by atoms with Crippen LogP contribution in [-0.2, 0) is 11.3 Å². The van der Waals surface area contributed by atoms with Crippen LogP contribution >= 0.6 is 0 Å². The van der Waals surface area contributed by atoms with Crippen molar-refractivity contribution in [3.8, 4) is 11.4 Å². The first-order valence-corrected chi connectivity index (χ1v) is 10.8. The van der Waals surface area contributed by atoms with Gasteiger partial charge in [-0.1, -0.05) is 29.8 Å². The van der Waals surface area contributed by atoms with Gasteiger partial charge in [-0.05, 0) is 57.5 Å². The van der Waals surface area contributed by atoms with E-state index in [-0.39, 0.29) is 5.91 Å². The van der Waals surface area contributed by atoms with E-state index in [4.69, 9.17) is 4.74 Å². The molecule has 0 saturated heterocycles. The van der Waals surface area contributed by atoms with Crippen LogP contribution in [0.3, 0.4) is 0 Å². The zero-order chi connectivity index (χ0) is 23.7. The van der Waals surface area contributed by atoms with E-state index in [2.05, 4.69) is 15.5 Å². The molecule has 0 aliphatic rings. The highest BCUT2D eigenvalue weighted by molar-refractivity contribution is 5.84. The number of nitrogens with one attached hydrogen (secondary N) is 1. The molecule has 1 N–H and O–H groups in total. The molecule has 1 atom stereocenters. The SMILES string of the molecule is COc1ccc(CNC(=O)[C@@H](C)n2nc(C)c3c(C)n(-c4ccc(C)cc4)nc3c2=O)cc1. The first-order chi connectivity index (χ1) is 15.8. The fourth-order valence-corrected chi connectivity index (χ4v) is 3.84. The van der Waals surface area contributed by atoms with E-state index in [1.165, 1.54) is 4.68 Å². The lowest BCUT2D eigenvalue weighted by Crippen LogP contribution is -2.37. The Balaban J connectivity index is 1.63. The lowest BCUT2D eigenvalue weighted by molar-refractivity contribution is -0.124. The summed E-state index contributed by atoms with van der Waals surface area (Å²) in [5, 5.41) is 12.6. The highest BCUT2D eigenvalue weighted by Gasteiger charge is 2.23. The third kappa shape index (κ3) is 4.24. The Labute approximate surface area is 191 Å². The number of amides is 1. The van der Waals surface area contributed by atoms with Crippen LogP contribution in [0, 0.1) is 20.8 Å². The lowest BCUT2D eigenvalue weighted by atomic mass is 10.2. The van der Waals surface area contributed by atoms with Crippen LogP contribution in [0.25, 0.3) is 16.6 Å². The number of ether oxygens (including phenoxy) is 1. The maximum absolute atomic E-state index is 13.3. The van der Waals surface area contributed by atoms with Crippen molar-refractivity contribution in [2.45, 2.75) is 40.3 Å². The molecule has 0 saturated carbocycles. The Morgan fingerprint density at radius 1 is 1.03 bits per heavy atom. The monoisotopic (exact) mass is 445 g/mol. The van der Waals surface area contributed by atoms with Crippen molar-refractivity contribution in [3.63, 3.8) is 0 Å². The summed E-state index contributed by atoms with van der Waals surface area (Å²) in [6, 6.07) is 14.6. The Kier molecular flexibility index (Phi) is 6.00. The predicted molar refractivity (Wildman–Crippen MR) is 127 cm³/mol. The summed E-state index contributed by atoms with van der Waals surface area (Å²) in [6.45, 7) is 7.76. The van der Waals surface area contributed by atoms with E-state index in [0.29, 0.717) is 23.1 Å². The first kappa shape index (κ1) is 22.3. The number of carbonyl (C=O) groups excluding carboxylic acids is 1. The summed E-state index contributed by atoms with van der Waals surface area (Å²) in [5.74, 6) is 0.451. The van der Waals surface area contributed by atoms with Gasteiger partial charge in [0.1, 0.15) is 11.8 Å². The summed E-state index contributed by atoms with van der Waals surface area (Å²) in [6.07, 6.45) is 0. The fraction of sp³-hybridized carbons (Fsp3) is 0.280. The highest BCUT2D eigenvalue weighted by atomic mass is 16.5. The van der Waals surface area contributed by atoms with Crippen LogP contribution in [0.1, 0.15) is 35.5 Å². The molecule has 0 fully saturated rings.